The van der Waals surface area contributed by atoms with Gasteiger partial charge in [0, 0.05) is 85.0 Å². The summed E-state index contributed by atoms with van der Waals surface area (Å²) < 4.78 is 62.0. The van der Waals surface area contributed by atoms with Crippen molar-refractivity contribution in [1.29, 1.82) is 0 Å². The number of ether oxygens (including phenoxy) is 4. The highest BCUT2D eigenvalue weighted by molar-refractivity contribution is 7.82. The van der Waals surface area contributed by atoms with Gasteiger partial charge in [-0.15, -0.1) is 31.6 Å². The number of halogens is 2. The molecule has 76 heavy (non-hydrogen) atoms. The third-order valence-corrected chi connectivity index (χ3v) is 15.5. The summed E-state index contributed by atoms with van der Waals surface area (Å²) in [5, 5.41) is 86.9. The van der Waals surface area contributed by atoms with E-state index < -0.39 is 114 Å². The molecule has 0 aromatic heterocycles. The van der Waals surface area contributed by atoms with Gasteiger partial charge in [-0.2, -0.15) is 0 Å². The quantitative estimate of drug-likeness (QED) is 0.0598. The van der Waals surface area contributed by atoms with Crippen molar-refractivity contribution in [3.8, 4) is 23.0 Å². The predicted octanol–water partition coefficient (Wildman–Crippen LogP) is 1.62. The van der Waals surface area contributed by atoms with Gasteiger partial charge in [-0.25, -0.2) is 0 Å². The Morgan fingerprint density at radius 1 is 0.605 bits per heavy atom. The number of carbonyl (C=O) groups is 3. The maximum absolute atomic E-state index is 14.3. The Morgan fingerprint density at radius 3 is 1.53 bits per heavy atom. The van der Waals surface area contributed by atoms with Gasteiger partial charge in [0.1, 0.15) is 54.6 Å². The highest BCUT2D eigenvalue weighted by Gasteiger charge is 2.47. The number of rotatable bonds is 17. The topological polar surface area (TPSA) is 321 Å². The summed E-state index contributed by atoms with van der Waals surface area (Å²) in [7, 11) is -3.85. The van der Waals surface area contributed by atoms with Gasteiger partial charge in [0.05, 0.1) is 24.6 Å². The summed E-state index contributed by atoms with van der Waals surface area (Å²) in [6, 6.07) is 20.2. The zero-order valence-electron chi connectivity index (χ0n) is 40.4. The van der Waals surface area contributed by atoms with Crippen molar-refractivity contribution in [3.05, 3.63) is 95.6 Å². The van der Waals surface area contributed by atoms with Gasteiger partial charge in [0.2, 0.25) is 24.4 Å². The van der Waals surface area contributed by atoms with E-state index in [-0.39, 0.29) is 78.7 Å². The Balaban J connectivity index is 0.944. The van der Waals surface area contributed by atoms with E-state index in [1.807, 2.05) is 6.07 Å². The van der Waals surface area contributed by atoms with Crippen LogP contribution in [0.15, 0.2) is 78.9 Å². The Kier molecular flexibility index (Phi) is 16.5. The lowest BCUT2D eigenvalue weighted by Crippen LogP contribution is -2.60. The van der Waals surface area contributed by atoms with Crippen LogP contribution >= 0.6 is 23.2 Å². The van der Waals surface area contributed by atoms with Gasteiger partial charge >= 0.3 is 10.4 Å². The van der Waals surface area contributed by atoms with Crippen molar-refractivity contribution in [3.63, 3.8) is 0 Å². The molecule has 22 nitrogen and oxygen atoms in total. The lowest BCUT2D eigenvalue weighted by Gasteiger charge is -2.39. The molecule has 4 aliphatic rings. The number of hydrogen-bond donors (Lipinski definition) is 9. The van der Waals surface area contributed by atoms with E-state index in [4.69, 9.17) is 50.5 Å². The number of aliphatic hydroxyl groups excluding tert-OH is 8. The second-order valence-electron chi connectivity index (χ2n) is 18.7. The average molecular weight is 1120 g/mol. The third kappa shape index (κ3) is 10.6. The lowest BCUT2D eigenvalue weighted by atomic mass is 9.95. The maximum atomic E-state index is 14.3. The first-order valence-corrected chi connectivity index (χ1v) is 26.6. The summed E-state index contributed by atoms with van der Waals surface area (Å²) >= 11 is 13.0. The minimum atomic E-state index is -5.18. The molecule has 408 valence electrons. The van der Waals surface area contributed by atoms with Crippen molar-refractivity contribution < 1.29 is 91.0 Å². The highest BCUT2D eigenvalue weighted by atomic mass is 35.5. The van der Waals surface area contributed by atoms with Gasteiger partial charge in [0.25, 0.3) is 5.91 Å². The summed E-state index contributed by atoms with van der Waals surface area (Å²) in [4.78, 5) is 44.2. The van der Waals surface area contributed by atoms with E-state index in [0.29, 0.717) is 32.8 Å². The number of anilines is 2. The number of fused-ring (bicyclic) bond motifs is 6. The van der Waals surface area contributed by atoms with Crippen molar-refractivity contribution in [2.24, 2.45) is 0 Å². The SMILES string of the molecule is CNC(=O)c1ccc(O[C@@H]2O[C@H](CO)[C@H](O)[C@H](O)[C@H]2O)c(OS(=O)(=O)Oc2cc3c(c4ccccc24)[C@H](CCl)CN3C(=O)CCCC(=O)N2C[C@@H](CCl)c3c2cc(O[C@@H]2O[C@H](CO)[C@H](O)[C@H](O)[C@H]2O)c2ccccc32)c1. The number of alkyl halides is 2. The van der Waals surface area contributed by atoms with Crippen molar-refractivity contribution in [1.82, 2.24) is 5.32 Å². The molecule has 5 aromatic carbocycles. The van der Waals surface area contributed by atoms with Crippen LogP contribution in [-0.2, 0) is 29.5 Å². The van der Waals surface area contributed by atoms with Crippen LogP contribution in [0.25, 0.3) is 21.5 Å². The number of nitrogens with one attached hydrogen (secondary N) is 1. The van der Waals surface area contributed by atoms with Gasteiger partial charge < -0.3 is 83.3 Å². The molecule has 0 unspecified atom stereocenters. The number of carbonyl (C=O) groups excluding carboxylic acids is 3. The van der Waals surface area contributed by atoms with Crippen LogP contribution in [0.3, 0.4) is 0 Å². The Labute approximate surface area is 444 Å². The van der Waals surface area contributed by atoms with Crippen molar-refractivity contribution in [2.45, 2.75) is 92.5 Å². The van der Waals surface area contributed by atoms with E-state index in [0.717, 1.165) is 17.7 Å². The molecule has 0 bridgehead atoms. The molecule has 12 atom stereocenters. The molecule has 9 rings (SSSR count). The summed E-state index contributed by atoms with van der Waals surface area (Å²) in [5.74, 6) is -3.02. The fraction of sp³-hybridized carbons (Fsp3) is 0.431. The number of nitrogens with zero attached hydrogens (tertiary/aromatic N) is 2. The Hall–Kier alpha value is -5.64. The zero-order valence-corrected chi connectivity index (χ0v) is 42.8. The lowest BCUT2D eigenvalue weighted by molar-refractivity contribution is -0.277. The minimum absolute atomic E-state index is 0.0760. The number of aliphatic hydroxyl groups is 8. The molecule has 25 heteroatoms. The van der Waals surface area contributed by atoms with Crippen LogP contribution in [0.2, 0.25) is 0 Å². The van der Waals surface area contributed by atoms with E-state index >= 15 is 0 Å². The third-order valence-electron chi connectivity index (χ3n) is 14.0. The van der Waals surface area contributed by atoms with E-state index in [9.17, 15) is 63.7 Å². The van der Waals surface area contributed by atoms with Gasteiger partial charge in [-0.3, -0.25) is 14.4 Å². The number of benzene rings is 5. The second kappa shape index (κ2) is 22.8. The molecular formula is C51H55Cl2N3O19S. The molecular weight excluding hydrogens is 1060 g/mol. The highest BCUT2D eigenvalue weighted by Crippen LogP contribution is 2.48. The monoisotopic (exact) mass is 1120 g/mol. The average Bonchev–Trinajstić information content (AvgIpc) is 4.08. The molecule has 5 aromatic rings. The van der Waals surface area contributed by atoms with Crippen molar-refractivity contribution >= 4 is 84.2 Å². The van der Waals surface area contributed by atoms with E-state index in [1.54, 1.807) is 53.4 Å². The van der Waals surface area contributed by atoms with E-state index in [2.05, 4.69) is 5.32 Å². The van der Waals surface area contributed by atoms with Crippen molar-refractivity contribution in [2.75, 3.05) is 54.9 Å². The zero-order chi connectivity index (χ0) is 54.3. The summed E-state index contributed by atoms with van der Waals surface area (Å²) in [6.45, 7) is -1.14. The van der Waals surface area contributed by atoms with Crippen LogP contribution in [0.5, 0.6) is 23.0 Å². The molecule has 0 spiro atoms. The molecule has 3 amide bonds. The second-order valence-corrected chi connectivity index (χ2v) is 20.5. The normalized spacial score (nSPS) is 27.2. The fourth-order valence-electron chi connectivity index (χ4n) is 10.1. The first-order chi connectivity index (χ1) is 36.4. The smallest absolute Gasteiger partial charge is 0.461 e. The largest absolute Gasteiger partial charge is 0.501 e. The molecule has 9 N–H and O–H groups in total. The maximum Gasteiger partial charge on any atom is 0.501 e. The van der Waals surface area contributed by atoms with Crippen LogP contribution in [0.4, 0.5) is 11.4 Å². The van der Waals surface area contributed by atoms with Gasteiger partial charge in [0.15, 0.2) is 17.2 Å². The molecule has 4 heterocycles. The van der Waals surface area contributed by atoms with Gasteiger partial charge in [-0.1, -0.05) is 48.5 Å². The molecule has 0 saturated carbocycles. The van der Waals surface area contributed by atoms with Crippen LogP contribution in [0.1, 0.15) is 52.6 Å². The minimum Gasteiger partial charge on any atom is -0.461 e. The Bertz CT molecular complexity index is 3110. The summed E-state index contributed by atoms with van der Waals surface area (Å²) in [6.07, 6.45) is -16.5. The van der Waals surface area contributed by atoms with E-state index in [1.165, 1.54) is 24.1 Å². The standard InChI is InChI=1S/C51H55Cl2N3O19S/c1-54-49(67)24-13-14-33(70-50-47(65)45(63)43(61)37(22-57)72-50)36(15-24)75-76(68,69)74-35-17-32-42(30-10-5-3-8-28(30)35)26(19-53)21-56(32)40(60)12-6-11-39(59)55-20-25(18-52)41-29-9-4-2-7-27(29)34(16-31(41)55)71-51-48(66)46(64)44(62)38(23-58)73-51/h2-5,7-10,13-17,25-26,37-38,43-48,50-51,57-58,61-66H,6,11-12,18-23H2,1H3,(H,54,67)/t25-,26-,37-,38-,43+,44+,45+,46+,47-,48-,50-,51-/m1/s1. The number of amides is 3. The Morgan fingerprint density at radius 2 is 1.05 bits per heavy atom. The predicted molar refractivity (Wildman–Crippen MR) is 272 cm³/mol. The van der Waals surface area contributed by atoms with Crippen LogP contribution in [0, 0.1) is 0 Å². The molecule has 4 aliphatic heterocycles. The fourth-order valence-corrected chi connectivity index (χ4v) is 11.4. The van der Waals surface area contributed by atoms with Crippen LogP contribution in [-0.4, -0.2) is 174 Å². The molecule has 0 aliphatic carbocycles. The first kappa shape index (κ1) is 55.1. The number of hydrogen-bond acceptors (Lipinski definition) is 19. The molecule has 2 saturated heterocycles. The summed E-state index contributed by atoms with van der Waals surface area (Å²) in [5.41, 5.74) is 2.08. The first-order valence-electron chi connectivity index (χ1n) is 24.2. The van der Waals surface area contributed by atoms with Gasteiger partial charge in [-0.05, 0) is 46.5 Å². The van der Waals surface area contributed by atoms with Crippen LogP contribution < -0.4 is 33.0 Å². The molecule has 2 fully saturated rings. The molecule has 0 radical (unpaired) electrons.